The van der Waals surface area contributed by atoms with Gasteiger partial charge in [0.15, 0.2) is 0 Å². The Kier molecular flexibility index (Phi) is 3.11. The average Bonchev–Trinajstić information content (AvgIpc) is 2.79. The van der Waals surface area contributed by atoms with Crippen molar-refractivity contribution in [1.29, 1.82) is 0 Å². The van der Waals surface area contributed by atoms with Crippen LogP contribution in [0.3, 0.4) is 0 Å². The van der Waals surface area contributed by atoms with E-state index in [1.54, 1.807) is 0 Å². The van der Waals surface area contributed by atoms with Gasteiger partial charge in [-0.25, -0.2) is 0 Å². The molecule has 2 N–H and O–H groups in total. The summed E-state index contributed by atoms with van der Waals surface area (Å²) in [5.74, 6) is 0.599. The number of rotatable bonds is 3. The molecular weight excluding hydrogens is 182 g/mol. The van der Waals surface area contributed by atoms with Crippen LogP contribution in [0.5, 0.6) is 0 Å². The second-order valence-electron chi connectivity index (χ2n) is 4.87. The molecule has 1 aromatic rings. The SMILES string of the molecule is C[C@@H](CN)C1(c2ccccc2)CCCC1. The average molecular weight is 203 g/mol. The predicted octanol–water partition coefficient (Wildman–Crippen LogP) is 3.09. The lowest BCUT2D eigenvalue weighted by atomic mass is 9.70. The van der Waals surface area contributed by atoms with Crippen LogP contribution in [0.2, 0.25) is 0 Å². The molecule has 1 aliphatic rings. The maximum atomic E-state index is 5.87. The Bertz CT molecular complexity index is 298. The summed E-state index contributed by atoms with van der Waals surface area (Å²) in [4.78, 5) is 0. The minimum Gasteiger partial charge on any atom is -0.330 e. The molecular formula is C14H21N. The number of nitrogens with two attached hydrogens (primary N) is 1. The van der Waals surface area contributed by atoms with Crippen molar-refractivity contribution in [2.24, 2.45) is 11.7 Å². The van der Waals surface area contributed by atoms with E-state index in [-0.39, 0.29) is 0 Å². The Labute approximate surface area is 92.7 Å². The number of benzene rings is 1. The van der Waals surface area contributed by atoms with E-state index in [2.05, 4.69) is 37.3 Å². The molecule has 0 spiro atoms. The Balaban J connectivity index is 2.35. The van der Waals surface area contributed by atoms with Crippen molar-refractivity contribution in [3.8, 4) is 0 Å². The van der Waals surface area contributed by atoms with Gasteiger partial charge in [0.2, 0.25) is 0 Å². The summed E-state index contributed by atoms with van der Waals surface area (Å²) in [5.41, 5.74) is 7.75. The standard InChI is InChI=1S/C14H21N/c1-12(11-15)14(9-5-6-10-14)13-7-3-2-4-8-13/h2-4,7-8,12H,5-6,9-11,15H2,1H3/t12-/m0/s1. The van der Waals surface area contributed by atoms with E-state index in [1.165, 1.54) is 31.2 Å². The fraction of sp³-hybridized carbons (Fsp3) is 0.571. The van der Waals surface area contributed by atoms with Gasteiger partial charge in [-0.15, -0.1) is 0 Å². The molecule has 2 rings (SSSR count). The van der Waals surface area contributed by atoms with Crippen molar-refractivity contribution in [3.63, 3.8) is 0 Å². The molecule has 82 valence electrons. The Morgan fingerprint density at radius 2 is 1.80 bits per heavy atom. The van der Waals surface area contributed by atoms with Crippen molar-refractivity contribution < 1.29 is 0 Å². The molecule has 1 aliphatic carbocycles. The van der Waals surface area contributed by atoms with Crippen LogP contribution in [0.4, 0.5) is 0 Å². The molecule has 0 aliphatic heterocycles. The largest absolute Gasteiger partial charge is 0.330 e. The topological polar surface area (TPSA) is 26.0 Å². The number of hydrogen-bond acceptors (Lipinski definition) is 1. The van der Waals surface area contributed by atoms with Crippen molar-refractivity contribution in [1.82, 2.24) is 0 Å². The zero-order chi connectivity index (χ0) is 10.7. The Morgan fingerprint density at radius 3 is 2.33 bits per heavy atom. The first-order valence-corrected chi connectivity index (χ1v) is 6.05. The highest BCUT2D eigenvalue weighted by molar-refractivity contribution is 5.27. The summed E-state index contributed by atoms with van der Waals surface area (Å²) in [5, 5.41) is 0. The monoisotopic (exact) mass is 203 g/mol. The maximum Gasteiger partial charge on any atom is -0.000939 e. The molecule has 0 heterocycles. The van der Waals surface area contributed by atoms with Crippen molar-refractivity contribution in [3.05, 3.63) is 35.9 Å². The van der Waals surface area contributed by atoms with Crippen molar-refractivity contribution in [2.45, 2.75) is 38.0 Å². The van der Waals surface area contributed by atoms with E-state index in [0.29, 0.717) is 11.3 Å². The van der Waals surface area contributed by atoms with E-state index in [1.807, 2.05) is 0 Å². The van der Waals surface area contributed by atoms with E-state index in [4.69, 9.17) is 5.73 Å². The van der Waals surface area contributed by atoms with Gasteiger partial charge in [0.25, 0.3) is 0 Å². The van der Waals surface area contributed by atoms with Gasteiger partial charge in [-0.2, -0.15) is 0 Å². The lowest BCUT2D eigenvalue weighted by molar-refractivity contribution is 0.299. The van der Waals surface area contributed by atoms with Crippen molar-refractivity contribution >= 4 is 0 Å². The maximum absolute atomic E-state index is 5.87. The van der Waals surface area contributed by atoms with Crippen LogP contribution in [-0.4, -0.2) is 6.54 Å². The Hall–Kier alpha value is -0.820. The van der Waals surface area contributed by atoms with Crippen LogP contribution in [0.1, 0.15) is 38.2 Å². The lowest BCUT2D eigenvalue weighted by Gasteiger charge is -2.35. The zero-order valence-electron chi connectivity index (χ0n) is 9.58. The Morgan fingerprint density at radius 1 is 1.20 bits per heavy atom. The summed E-state index contributed by atoms with van der Waals surface area (Å²) in [6.45, 7) is 3.10. The molecule has 0 aromatic heterocycles. The minimum atomic E-state index is 0.371. The third-order valence-corrected chi connectivity index (χ3v) is 4.14. The van der Waals surface area contributed by atoms with Crippen LogP contribution in [-0.2, 0) is 5.41 Å². The molecule has 0 bridgehead atoms. The molecule has 1 nitrogen and oxygen atoms in total. The van der Waals surface area contributed by atoms with Gasteiger partial charge in [-0.3, -0.25) is 0 Å². The summed E-state index contributed by atoms with van der Waals surface area (Å²) in [6.07, 6.45) is 5.35. The normalized spacial score (nSPS) is 21.5. The molecule has 0 amide bonds. The zero-order valence-corrected chi connectivity index (χ0v) is 9.58. The quantitative estimate of drug-likeness (QED) is 0.802. The first kappa shape index (κ1) is 10.7. The van der Waals surface area contributed by atoms with Gasteiger partial charge in [-0.05, 0) is 36.3 Å². The molecule has 1 fully saturated rings. The molecule has 0 saturated heterocycles. The third kappa shape index (κ3) is 1.81. The van der Waals surface area contributed by atoms with E-state index >= 15 is 0 Å². The third-order valence-electron chi connectivity index (χ3n) is 4.14. The van der Waals surface area contributed by atoms with Crippen LogP contribution >= 0.6 is 0 Å². The molecule has 1 saturated carbocycles. The summed E-state index contributed by atoms with van der Waals surface area (Å²) < 4.78 is 0. The molecule has 1 heteroatoms. The molecule has 15 heavy (non-hydrogen) atoms. The van der Waals surface area contributed by atoms with E-state index in [0.717, 1.165) is 6.54 Å². The van der Waals surface area contributed by atoms with Crippen molar-refractivity contribution in [2.75, 3.05) is 6.54 Å². The van der Waals surface area contributed by atoms with Gasteiger partial charge < -0.3 is 5.73 Å². The molecule has 1 aromatic carbocycles. The second kappa shape index (κ2) is 4.36. The summed E-state index contributed by atoms with van der Waals surface area (Å²) >= 11 is 0. The smallest absolute Gasteiger partial charge is 0.000939 e. The van der Waals surface area contributed by atoms with Gasteiger partial charge in [0.1, 0.15) is 0 Å². The first-order valence-electron chi connectivity index (χ1n) is 6.05. The van der Waals surface area contributed by atoms with E-state index in [9.17, 15) is 0 Å². The highest BCUT2D eigenvalue weighted by atomic mass is 14.6. The highest BCUT2D eigenvalue weighted by Gasteiger charge is 2.39. The highest BCUT2D eigenvalue weighted by Crippen LogP contribution is 2.46. The van der Waals surface area contributed by atoms with Gasteiger partial charge >= 0.3 is 0 Å². The number of hydrogen-bond donors (Lipinski definition) is 1. The predicted molar refractivity (Wildman–Crippen MR) is 64.8 cm³/mol. The summed E-state index contributed by atoms with van der Waals surface area (Å²) in [7, 11) is 0. The lowest BCUT2D eigenvalue weighted by Crippen LogP contribution is -2.35. The first-order chi connectivity index (χ1) is 7.29. The fourth-order valence-electron chi connectivity index (χ4n) is 3.07. The fourth-order valence-corrected chi connectivity index (χ4v) is 3.07. The van der Waals surface area contributed by atoms with Crippen LogP contribution < -0.4 is 5.73 Å². The summed E-state index contributed by atoms with van der Waals surface area (Å²) in [6, 6.07) is 10.9. The minimum absolute atomic E-state index is 0.371. The van der Waals surface area contributed by atoms with Crippen LogP contribution in [0, 0.1) is 5.92 Å². The van der Waals surface area contributed by atoms with Crippen LogP contribution in [0.15, 0.2) is 30.3 Å². The molecule has 0 radical (unpaired) electrons. The second-order valence-corrected chi connectivity index (χ2v) is 4.87. The van der Waals surface area contributed by atoms with Gasteiger partial charge in [0, 0.05) is 0 Å². The molecule has 1 atom stereocenters. The van der Waals surface area contributed by atoms with Crippen LogP contribution in [0.25, 0.3) is 0 Å². The molecule has 0 unspecified atom stereocenters. The van der Waals surface area contributed by atoms with E-state index < -0.39 is 0 Å². The van der Waals surface area contributed by atoms with Gasteiger partial charge in [-0.1, -0.05) is 50.1 Å². The van der Waals surface area contributed by atoms with Gasteiger partial charge in [0.05, 0.1) is 0 Å².